The Labute approximate surface area is 274 Å². The summed E-state index contributed by atoms with van der Waals surface area (Å²) in [6.45, 7) is 0.163. The van der Waals surface area contributed by atoms with Crippen LogP contribution in [0.5, 0.6) is 0 Å². The number of nitrogens with one attached hydrogen (secondary N) is 2. The van der Waals surface area contributed by atoms with Crippen molar-refractivity contribution in [1.82, 2.24) is 30.6 Å². The van der Waals surface area contributed by atoms with Gasteiger partial charge in [0, 0.05) is 13.1 Å². The van der Waals surface area contributed by atoms with Crippen molar-refractivity contribution in [3.63, 3.8) is 0 Å². The lowest BCUT2D eigenvalue weighted by atomic mass is 10.3. The molecule has 2 rings (SSSR count). The Bertz CT molecular complexity index is 1600. The number of hydrogen-bond donors (Lipinski definition) is 8. The third-order valence-corrected chi connectivity index (χ3v) is 10.0. The van der Waals surface area contributed by atoms with Crippen molar-refractivity contribution in [2.45, 2.75) is 25.7 Å². The summed E-state index contributed by atoms with van der Waals surface area (Å²) >= 11 is 11.5. The maximum absolute atomic E-state index is 12.3. The Morgan fingerprint density at radius 1 is 0.587 bits per heavy atom. The van der Waals surface area contributed by atoms with E-state index in [0.29, 0.717) is 0 Å². The number of aromatic nitrogens is 4. The monoisotopic (exact) mass is 724 g/mol. The van der Waals surface area contributed by atoms with Gasteiger partial charge in [-0.05, 0) is 25.7 Å². The molecule has 2 amide bonds. The van der Waals surface area contributed by atoms with Gasteiger partial charge >= 0.3 is 0 Å². The van der Waals surface area contributed by atoms with Crippen LogP contribution in [0.25, 0.3) is 0 Å². The standard InChI is InChI=1S/C22H34Cl2N14O6S2/c23-13-17(27)35-15(25)11(33-13)19(39)37-21(29)31-5-1-3-7-45(41,42)9-10-46(43,44)8-4-2-6-32-22(30)38-20(40)12-16(26)36-18(28)14(24)34-12/h1-10H2,(H4,25,27,35)(H4,26,28,36)(H3,29,31,37,39)(H3,30,32,38,40). The van der Waals surface area contributed by atoms with Gasteiger partial charge in [0.05, 0.1) is 23.0 Å². The average molecular weight is 726 g/mol. The molecular formula is C22H34Cl2N14O6S2. The number of nitrogens with two attached hydrogens (primary N) is 6. The first-order valence-corrected chi connectivity index (χ1v) is 17.6. The number of carbonyl (C=O) groups is 2. The third-order valence-electron chi connectivity index (χ3n) is 5.72. The number of aliphatic imine (C=N–C) groups is 2. The summed E-state index contributed by atoms with van der Waals surface area (Å²) in [4.78, 5) is 47.1. The predicted octanol–water partition coefficient (Wildman–Crippen LogP) is -1.92. The maximum Gasteiger partial charge on any atom is 0.280 e. The van der Waals surface area contributed by atoms with E-state index in [9.17, 15) is 26.4 Å². The fourth-order valence-corrected chi connectivity index (χ4v) is 7.35. The van der Waals surface area contributed by atoms with Gasteiger partial charge in [0.2, 0.25) is 0 Å². The van der Waals surface area contributed by atoms with Gasteiger partial charge in [0.15, 0.2) is 76.6 Å². The van der Waals surface area contributed by atoms with Crippen LogP contribution < -0.4 is 45.0 Å². The fraction of sp³-hybridized carbons (Fsp3) is 0.455. The Balaban J connectivity index is 1.68. The van der Waals surface area contributed by atoms with Crippen LogP contribution in [0.1, 0.15) is 46.7 Å². The first-order valence-electron chi connectivity index (χ1n) is 13.2. The number of rotatable bonds is 15. The van der Waals surface area contributed by atoms with Crippen LogP contribution in [0.15, 0.2) is 9.98 Å². The molecule has 0 atom stereocenters. The largest absolute Gasteiger partial charge is 0.382 e. The van der Waals surface area contributed by atoms with Gasteiger partial charge in [-0.3, -0.25) is 30.2 Å². The number of unbranched alkanes of at least 4 members (excludes halogenated alkanes) is 2. The number of halogens is 2. The lowest BCUT2D eigenvalue weighted by Gasteiger charge is -2.08. The number of nitrogen functional groups attached to an aromatic ring is 4. The van der Waals surface area contributed by atoms with Crippen molar-refractivity contribution in [2.24, 2.45) is 21.5 Å². The van der Waals surface area contributed by atoms with Gasteiger partial charge in [-0.1, -0.05) is 23.2 Å². The van der Waals surface area contributed by atoms with Gasteiger partial charge < -0.3 is 34.4 Å². The van der Waals surface area contributed by atoms with E-state index < -0.39 is 43.0 Å². The zero-order valence-electron chi connectivity index (χ0n) is 24.2. The van der Waals surface area contributed by atoms with Gasteiger partial charge in [-0.2, -0.15) is 0 Å². The normalized spacial score (nSPS) is 12.6. The summed E-state index contributed by atoms with van der Waals surface area (Å²) in [5, 5.41) is 4.07. The Kier molecular flexibility index (Phi) is 13.9. The number of nitrogens with zero attached hydrogens (tertiary/aromatic N) is 6. The molecule has 2 aromatic rings. The second kappa shape index (κ2) is 16.9. The molecule has 0 radical (unpaired) electrons. The molecule has 46 heavy (non-hydrogen) atoms. The number of amides is 2. The van der Waals surface area contributed by atoms with E-state index in [0.717, 1.165) is 0 Å². The zero-order chi connectivity index (χ0) is 34.7. The van der Waals surface area contributed by atoms with Gasteiger partial charge in [-0.25, -0.2) is 36.8 Å². The highest BCUT2D eigenvalue weighted by Crippen LogP contribution is 2.18. The summed E-state index contributed by atoms with van der Waals surface area (Å²) in [6.07, 6.45) is 0.937. The van der Waals surface area contributed by atoms with E-state index in [1.165, 1.54) is 0 Å². The molecule has 2 heterocycles. The number of sulfone groups is 2. The van der Waals surface area contributed by atoms with E-state index in [1.807, 2.05) is 0 Å². The minimum Gasteiger partial charge on any atom is -0.382 e. The first-order chi connectivity index (χ1) is 21.4. The van der Waals surface area contributed by atoms with Crippen LogP contribution in [-0.4, -0.2) is 96.6 Å². The highest BCUT2D eigenvalue weighted by atomic mass is 35.5. The molecule has 0 spiro atoms. The van der Waals surface area contributed by atoms with Crippen molar-refractivity contribution in [1.29, 1.82) is 0 Å². The molecule has 0 aliphatic heterocycles. The van der Waals surface area contributed by atoms with Gasteiger partial charge in [-0.15, -0.1) is 0 Å². The molecule has 0 bridgehead atoms. The summed E-state index contributed by atoms with van der Waals surface area (Å²) in [7, 11) is -7.33. The average Bonchev–Trinajstić information content (AvgIpc) is 2.95. The number of hydrogen-bond acceptors (Lipinski definition) is 16. The molecule has 0 aliphatic rings. The molecule has 24 heteroatoms. The number of guanidine groups is 2. The quantitative estimate of drug-likeness (QED) is 0.0563. The lowest BCUT2D eigenvalue weighted by molar-refractivity contribution is 0.0964. The highest BCUT2D eigenvalue weighted by Gasteiger charge is 2.19. The summed E-state index contributed by atoms with van der Waals surface area (Å²) in [6, 6.07) is 0. The topological polar surface area (TPSA) is 359 Å². The smallest absolute Gasteiger partial charge is 0.280 e. The molecule has 0 aromatic carbocycles. The molecule has 14 N–H and O–H groups in total. The molecule has 0 saturated carbocycles. The van der Waals surface area contributed by atoms with Crippen LogP contribution in [0.4, 0.5) is 23.3 Å². The Hall–Kier alpha value is -4.28. The molecule has 0 fully saturated rings. The minimum absolute atomic E-state index is 0.0815. The van der Waals surface area contributed by atoms with Crippen molar-refractivity contribution >= 4 is 89.9 Å². The Morgan fingerprint density at radius 3 is 1.28 bits per heavy atom. The van der Waals surface area contributed by atoms with E-state index in [4.69, 9.17) is 57.6 Å². The molecule has 0 aliphatic carbocycles. The third kappa shape index (κ3) is 12.6. The van der Waals surface area contributed by atoms with Crippen molar-refractivity contribution < 1.29 is 26.4 Å². The molecule has 254 valence electrons. The summed E-state index contributed by atoms with van der Waals surface area (Å²) in [5.74, 6) is -4.60. The SMILES string of the molecule is NC(=NCCCCS(=O)(=O)CCS(=O)(=O)CCCCN=C(N)NC(=O)c1nc(Cl)c(N)nc1N)NC(=O)c1nc(Cl)c(N)nc1N. The van der Waals surface area contributed by atoms with Crippen LogP contribution in [0.3, 0.4) is 0 Å². The maximum atomic E-state index is 12.3. The summed E-state index contributed by atoms with van der Waals surface area (Å²) in [5.41, 5.74) is 32.8. The second-order valence-electron chi connectivity index (χ2n) is 9.43. The van der Waals surface area contributed by atoms with E-state index in [-0.39, 0.29) is 107 Å². The first kappa shape index (κ1) is 37.9. The van der Waals surface area contributed by atoms with E-state index >= 15 is 0 Å². The molecular weight excluding hydrogens is 691 g/mol. The molecule has 2 aromatic heterocycles. The molecule has 20 nitrogen and oxygen atoms in total. The number of carbonyl (C=O) groups excluding carboxylic acids is 2. The van der Waals surface area contributed by atoms with Gasteiger partial charge in [0.1, 0.15) is 0 Å². The molecule has 0 unspecified atom stereocenters. The summed E-state index contributed by atoms with van der Waals surface area (Å²) < 4.78 is 49.3. The molecule has 0 saturated heterocycles. The van der Waals surface area contributed by atoms with E-state index in [2.05, 4.69) is 40.6 Å². The van der Waals surface area contributed by atoms with Crippen LogP contribution in [-0.2, 0) is 19.7 Å². The highest BCUT2D eigenvalue weighted by molar-refractivity contribution is 7.95. The predicted molar refractivity (Wildman–Crippen MR) is 175 cm³/mol. The van der Waals surface area contributed by atoms with Crippen molar-refractivity contribution in [3.8, 4) is 0 Å². The lowest BCUT2D eigenvalue weighted by Crippen LogP contribution is -2.38. The zero-order valence-corrected chi connectivity index (χ0v) is 27.4. The number of anilines is 4. The van der Waals surface area contributed by atoms with Crippen LogP contribution in [0.2, 0.25) is 10.3 Å². The van der Waals surface area contributed by atoms with Gasteiger partial charge in [0.25, 0.3) is 11.8 Å². The van der Waals surface area contributed by atoms with Crippen LogP contribution >= 0.6 is 23.2 Å². The second-order valence-corrected chi connectivity index (χ2v) is 14.8. The van der Waals surface area contributed by atoms with E-state index in [1.54, 1.807) is 0 Å². The minimum atomic E-state index is -3.66. The van der Waals surface area contributed by atoms with Crippen molar-refractivity contribution in [2.75, 3.05) is 59.0 Å². The van der Waals surface area contributed by atoms with Crippen molar-refractivity contribution in [3.05, 3.63) is 21.7 Å². The fourth-order valence-electron chi connectivity index (χ4n) is 3.37. The van der Waals surface area contributed by atoms with Crippen LogP contribution in [0, 0.1) is 0 Å². The Morgan fingerprint density at radius 2 is 0.935 bits per heavy atom.